The summed E-state index contributed by atoms with van der Waals surface area (Å²) >= 11 is 0. The third kappa shape index (κ3) is 4.55. The van der Waals surface area contributed by atoms with Crippen LogP contribution in [0.2, 0.25) is 0 Å². The fourth-order valence-corrected chi connectivity index (χ4v) is 4.34. The van der Waals surface area contributed by atoms with Crippen LogP contribution in [0.3, 0.4) is 0 Å². The molecule has 0 bridgehead atoms. The fourth-order valence-electron chi connectivity index (χ4n) is 3.21. The quantitative estimate of drug-likeness (QED) is 0.654. The van der Waals surface area contributed by atoms with Crippen LogP contribution >= 0.6 is 0 Å². The second kappa shape index (κ2) is 8.20. The first kappa shape index (κ1) is 19.5. The molecule has 27 heavy (non-hydrogen) atoms. The van der Waals surface area contributed by atoms with Crippen molar-refractivity contribution < 1.29 is 13.2 Å². The van der Waals surface area contributed by atoms with Crippen molar-refractivity contribution >= 4 is 21.6 Å². The molecule has 0 unspecified atom stereocenters. The first-order valence-corrected chi connectivity index (χ1v) is 10.5. The topological polar surface area (TPSA) is 105 Å². The van der Waals surface area contributed by atoms with Crippen LogP contribution in [-0.2, 0) is 21.9 Å². The number of nitrogens with zero attached hydrogens (tertiary/aromatic N) is 2. The summed E-state index contributed by atoms with van der Waals surface area (Å²) in [6.07, 6.45) is 4.45. The third-order valence-electron chi connectivity index (χ3n) is 4.68. The minimum Gasteiger partial charge on any atom is -0.326 e. The van der Waals surface area contributed by atoms with Gasteiger partial charge in [0.2, 0.25) is 15.9 Å². The van der Waals surface area contributed by atoms with Crippen molar-refractivity contribution in [3.8, 4) is 0 Å². The highest BCUT2D eigenvalue weighted by Gasteiger charge is 2.34. The minimum absolute atomic E-state index is 0.0663. The summed E-state index contributed by atoms with van der Waals surface area (Å²) in [5.41, 5.74) is 1.61. The number of nitrogens with one attached hydrogen (secondary N) is 3. The second-order valence-corrected chi connectivity index (χ2v) is 8.50. The monoisotopic (exact) mass is 391 g/mol. The number of amides is 1. The zero-order chi connectivity index (χ0) is 19.4. The summed E-state index contributed by atoms with van der Waals surface area (Å²) in [6.45, 7) is 3.62. The number of anilines is 1. The van der Waals surface area contributed by atoms with Crippen molar-refractivity contribution in [2.45, 2.75) is 24.2 Å². The zero-order valence-corrected chi connectivity index (χ0v) is 16.3. The number of hydrogen-bond donors (Lipinski definition) is 3. The normalized spacial score (nSPS) is 19.9. The van der Waals surface area contributed by atoms with Crippen LogP contribution in [0.1, 0.15) is 24.8 Å². The molecule has 1 aromatic heterocycles. The third-order valence-corrected chi connectivity index (χ3v) is 6.16. The van der Waals surface area contributed by atoms with Crippen molar-refractivity contribution in [1.29, 1.82) is 0 Å². The lowest BCUT2D eigenvalue weighted by Crippen LogP contribution is -2.28. The van der Waals surface area contributed by atoms with E-state index in [0.717, 1.165) is 18.5 Å². The molecule has 146 valence electrons. The number of benzene rings is 1. The lowest BCUT2D eigenvalue weighted by Gasteiger charge is -2.17. The number of rotatable bonds is 7. The Morgan fingerprint density at radius 1 is 1.30 bits per heavy atom. The Morgan fingerprint density at radius 3 is 2.67 bits per heavy atom. The zero-order valence-electron chi connectivity index (χ0n) is 15.5. The van der Waals surface area contributed by atoms with Gasteiger partial charge in [-0.3, -0.25) is 9.48 Å². The van der Waals surface area contributed by atoms with E-state index in [0.29, 0.717) is 18.8 Å². The van der Waals surface area contributed by atoms with Gasteiger partial charge in [-0.05, 0) is 36.2 Å². The van der Waals surface area contributed by atoms with Gasteiger partial charge in [-0.2, -0.15) is 5.10 Å². The highest BCUT2D eigenvalue weighted by molar-refractivity contribution is 7.89. The summed E-state index contributed by atoms with van der Waals surface area (Å²) < 4.78 is 28.5. The molecule has 1 aliphatic heterocycles. The van der Waals surface area contributed by atoms with Crippen LogP contribution in [0.15, 0.2) is 41.6 Å². The van der Waals surface area contributed by atoms with E-state index in [1.807, 2.05) is 20.2 Å². The standard InChI is InChI=1S/C18H25N5O3S/c1-3-8-21-27(25,26)15-6-4-14(5-7-15)22-18(24)17-11-19-10-16(17)13-9-20-23(2)12-13/h4-7,9,12,16-17,19,21H,3,8,10-11H2,1-2H3,(H,22,24)/t16-,17+/m1/s1. The molecule has 1 aliphatic rings. The van der Waals surface area contributed by atoms with Crippen LogP contribution in [-0.4, -0.2) is 43.7 Å². The number of aryl methyl sites for hydroxylation is 1. The minimum atomic E-state index is -3.51. The molecule has 1 amide bonds. The van der Waals surface area contributed by atoms with Gasteiger partial charge in [0, 0.05) is 44.5 Å². The maximum absolute atomic E-state index is 12.7. The van der Waals surface area contributed by atoms with Crippen molar-refractivity contribution in [2.75, 3.05) is 25.0 Å². The Hall–Kier alpha value is -2.23. The summed E-state index contributed by atoms with van der Waals surface area (Å²) in [7, 11) is -1.65. The highest BCUT2D eigenvalue weighted by atomic mass is 32.2. The van der Waals surface area contributed by atoms with E-state index >= 15 is 0 Å². The van der Waals surface area contributed by atoms with Crippen molar-refractivity contribution in [1.82, 2.24) is 19.8 Å². The predicted octanol–water partition coefficient (Wildman–Crippen LogP) is 1.05. The van der Waals surface area contributed by atoms with E-state index in [1.54, 1.807) is 23.0 Å². The molecular weight excluding hydrogens is 366 g/mol. The summed E-state index contributed by atoms with van der Waals surface area (Å²) in [5, 5.41) is 10.3. The Balaban J connectivity index is 1.67. The highest BCUT2D eigenvalue weighted by Crippen LogP contribution is 2.29. The van der Waals surface area contributed by atoms with Crippen molar-refractivity contribution in [2.24, 2.45) is 13.0 Å². The van der Waals surface area contributed by atoms with Gasteiger partial charge in [0.15, 0.2) is 0 Å². The molecule has 1 aromatic carbocycles. The van der Waals surface area contributed by atoms with E-state index in [4.69, 9.17) is 0 Å². The molecule has 0 aliphatic carbocycles. The SMILES string of the molecule is CCCNS(=O)(=O)c1ccc(NC(=O)[C@H]2CNC[C@@H]2c2cnn(C)c2)cc1. The summed E-state index contributed by atoms with van der Waals surface area (Å²) in [5.74, 6) is -0.228. The molecular formula is C18H25N5O3S. The van der Waals surface area contributed by atoms with E-state index in [9.17, 15) is 13.2 Å². The Bertz CT molecular complexity index is 892. The molecule has 2 heterocycles. The van der Waals surface area contributed by atoms with Crippen LogP contribution < -0.4 is 15.4 Å². The van der Waals surface area contributed by atoms with Gasteiger partial charge in [0.1, 0.15) is 0 Å². The fraction of sp³-hybridized carbons (Fsp3) is 0.444. The smallest absolute Gasteiger partial charge is 0.240 e. The van der Waals surface area contributed by atoms with Gasteiger partial charge < -0.3 is 10.6 Å². The molecule has 1 saturated heterocycles. The molecule has 2 aromatic rings. The molecule has 8 nitrogen and oxygen atoms in total. The molecule has 3 N–H and O–H groups in total. The summed E-state index contributed by atoms with van der Waals surface area (Å²) in [6, 6.07) is 6.22. The van der Waals surface area contributed by atoms with Crippen LogP contribution in [0.5, 0.6) is 0 Å². The van der Waals surface area contributed by atoms with Gasteiger partial charge in [-0.1, -0.05) is 6.92 Å². The average molecular weight is 391 g/mol. The number of hydrogen-bond acceptors (Lipinski definition) is 5. The maximum atomic E-state index is 12.7. The number of sulfonamides is 1. The van der Waals surface area contributed by atoms with Gasteiger partial charge in [-0.15, -0.1) is 0 Å². The van der Waals surface area contributed by atoms with E-state index in [2.05, 4.69) is 20.5 Å². The van der Waals surface area contributed by atoms with Crippen LogP contribution in [0.25, 0.3) is 0 Å². The number of carbonyl (C=O) groups is 1. The van der Waals surface area contributed by atoms with Crippen molar-refractivity contribution in [3.05, 3.63) is 42.2 Å². The molecule has 9 heteroatoms. The molecule has 2 atom stereocenters. The molecule has 1 fully saturated rings. The first-order valence-electron chi connectivity index (χ1n) is 9.00. The first-order chi connectivity index (χ1) is 12.9. The van der Waals surface area contributed by atoms with Gasteiger partial charge in [0.25, 0.3) is 0 Å². The second-order valence-electron chi connectivity index (χ2n) is 6.73. The predicted molar refractivity (Wildman–Crippen MR) is 103 cm³/mol. The molecule has 3 rings (SSSR count). The van der Waals surface area contributed by atoms with E-state index in [1.165, 1.54) is 12.1 Å². The van der Waals surface area contributed by atoms with Gasteiger partial charge in [-0.25, -0.2) is 13.1 Å². The Labute approximate surface area is 159 Å². The molecule has 0 saturated carbocycles. The van der Waals surface area contributed by atoms with Gasteiger partial charge >= 0.3 is 0 Å². The Morgan fingerprint density at radius 2 is 2.04 bits per heavy atom. The van der Waals surface area contributed by atoms with E-state index in [-0.39, 0.29) is 22.6 Å². The Kier molecular flexibility index (Phi) is 5.93. The number of carbonyl (C=O) groups excluding carboxylic acids is 1. The lowest BCUT2D eigenvalue weighted by atomic mass is 9.90. The lowest BCUT2D eigenvalue weighted by molar-refractivity contribution is -0.119. The van der Waals surface area contributed by atoms with Crippen LogP contribution in [0.4, 0.5) is 5.69 Å². The van der Waals surface area contributed by atoms with E-state index < -0.39 is 10.0 Å². The average Bonchev–Trinajstić information content (AvgIpc) is 3.29. The summed E-state index contributed by atoms with van der Waals surface area (Å²) in [4.78, 5) is 12.9. The number of aromatic nitrogens is 2. The molecule has 0 spiro atoms. The van der Waals surface area contributed by atoms with Crippen LogP contribution in [0, 0.1) is 5.92 Å². The van der Waals surface area contributed by atoms with Gasteiger partial charge in [0.05, 0.1) is 17.0 Å². The molecule has 0 radical (unpaired) electrons. The largest absolute Gasteiger partial charge is 0.326 e. The van der Waals surface area contributed by atoms with Crippen molar-refractivity contribution in [3.63, 3.8) is 0 Å². The maximum Gasteiger partial charge on any atom is 0.240 e.